The van der Waals surface area contributed by atoms with Crippen LogP contribution in [0.2, 0.25) is 5.02 Å². The number of nitrogens with zero attached hydrogens (tertiary/aromatic N) is 1. The van der Waals surface area contributed by atoms with Gasteiger partial charge in [0.05, 0.1) is 5.56 Å². The molecule has 0 aromatic heterocycles. The maximum atomic E-state index is 8.72. The van der Waals surface area contributed by atoms with Crippen molar-refractivity contribution in [2.24, 2.45) is 0 Å². The van der Waals surface area contributed by atoms with Crippen LogP contribution in [0.3, 0.4) is 0 Å². The molecular formula is C8H4BrClIN. The van der Waals surface area contributed by atoms with E-state index in [9.17, 15) is 0 Å². The molecule has 0 N–H and O–H groups in total. The number of nitriles is 1. The van der Waals surface area contributed by atoms with Gasteiger partial charge in [-0.3, -0.25) is 0 Å². The molecule has 0 saturated carbocycles. The van der Waals surface area contributed by atoms with Gasteiger partial charge in [0.2, 0.25) is 0 Å². The van der Waals surface area contributed by atoms with Crippen LogP contribution in [0.5, 0.6) is 0 Å². The minimum absolute atomic E-state index is 0.675. The largest absolute Gasteiger partial charge is 0.192 e. The van der Waals surface area contributed by atoms with Crippen molar-refractivity contribution in [3.63, 3.8) is 0 Å². The fourth-order valence-corrected chi connectivity index (χ4v) is 3.24. The Morgan fingerprint density at radius 3 is 2.75 bits per heavy atom. The zero-order valence-corrected chi connectivity index (χ0v) is 10.4. The lowest BCUT2D eigenvalue weighted by Crippen LogP contribution is -1.90. The fourth-order valence-electron chi connectivity index (χ4n) is 0.806. The molecule has 0 atom stereocenters. The molecule has 0 aliphatic rings. The molecule has 4 heteroatoms. The Labute approximate surface area is 98.0 Å². The number of hydrogen-bond acceptors (Lipinski definition) is 1. The molecule has 0 aliphatic heterocycles. The van der Waals surface area contributed by atoms with Crippen LogP contribution in [0.1, 0.15) is 11.1 Å². The van der Waals surface area contributed by atoms with E-state index < -0.39 is 0 Å². The molecule has 0 amide bonds. The number of benzene rings is 1. The Balaban J connectivity index is 3.36. The van der Waals surface area contributed by atoms with E-state index in [1.807, 2.05) is 0 Å². The minimum atomic E-state index is 0.675. The van der Waals surface area contributed by atoms with E-state index in [-0.39, 0.29) is 0 Å². The van der Waals surface area contributed by atoms with Crippen molar-refractivity contribution in [3.05, 3.63) is 31.9 Å². The predicted octanol–water partition coefficient (Wildman–Crippen LogP) is 3.71. The summed E-state index contributed by atoms with van der Waals surface area (Å²) in [5.41, 5.74) is 1.66. The standard InChI is InChI=1S/C8H4BrClIN/c9-3-6-7(10)2-1-5(4-12)8(6)11/h1-2H,3H2. The molecule has 0 unspecified atom stereocenters. The molecule has 62 valence electrons. The van der Waals surface area contributed by atoms with E-state index in [4.69, 9.17) is 16.9 Å². The molecule has 1 nitrogen and oxygen atoms in total. The average Bonchev–Trinajstić information content (AvgIpc) is 2.06. The van der Waals surface area contributed by atoms with E-state index in [2.05, 4.69) is 44.6 Å². The quantitative estimate of drug-likeness (QED) is 0.556. The lowest BCUT2D eigenvalue weighted by molar-refractivity contribution is 1.36. The van der Waals surface area contributed by atoms with Gasteiger partial charge in [0, 0.05) is 13.9 Å². The summed E-state index contributed by atoms with van der Waals surface area (Å²) in [5.74, 6) is 0. The third kappa shape index (κ3) is 1.93. The normalized spacial score (nSPS) is 9.50. The first-order valence-corrected chi connectivity index (χ1v) is 5.71. The van der Waals surface area contributed by atoms with Crippen molar-refractivity contribution in [1.29, 1.82) is 5.26 Å². The molecule has 0 aliphatic carbocycles. The van der Waals surface area contributed by atoms with E-state index >= 15 is 0 Å². The van der Waals surface area contributed by atoms with Crippen LogP contribution < -0.4 is 0 Å². The smallest absolute Gasteiger partial charge is 0.100 e. The second-order valence-corrected chi connectivity index (χ2v) is 4.18. The topological polar surface area (TPSA) is 23.8 Å². The first-order valence-electron chi connectivity index (χ1n) is 3.13. The average molecular weight is 356 g/mol. The van der Waals surface area contributed by atoms with Crippen molar-refractivity contribution in [2.75, 3.05) is 0 Å². The third-order valence-electron chi connectivity index (χ3n) is 1.44. The van der Waals surface area contributed by atoms with Gasteiger partial charge < -0.3 is 0 Å². The maximum absolute atomic E-state index is 8.72. The number of hydrogen-bond donors (Lipinski definition) is 0. The molecule has 1 rings (SSSR count). The first-order chi connectivity index (χ1) is 5.70. The van der Waals surface area contributed by atoms with Gasteiger partial charge in [-0.1, -0.05) is 27.5 Å². The maximum Gasteiger partial charge on any atom is 0.100 e. The fraction of sp³-hybridized carbons (Fsp3) is 0.125. The summed E-state index contributed by atoms with van der Waals surface area (Å²) in [6.45, 7) is 0. The van der Waals surface area contributed by atoms with Gasteiger partial charge in [0.15, 0.2) is 0 Å². The summed E-state index contributed by atoms with van der Waals surface area (Å²) in [6.07, 6.45) is 0. The third-order valence-corrected chi connectivity index (χ3v) is 3.59. The summed E-state index contributed by atoms with van der Waals surface area (Å²) in [4.78, 5) is 0. The Morgan fingerprint density at radius 1 is 1.58 bits per heavy atom. The molecule has 0 fully saturated rings. The van der Waals surface area contributed by atoms with E-state index in [0.29, 0.717) is 15.9 Å². The Bertz CT molecular complexity index is 346. The molecule has 12 heavy (non-hydrogen) atoms. The summed E-state index contributed by atoms with van der Waals surface area (Å²) >= 11 is 11.4. The van der Waals surface area contributed by atoms with Gasteiger partial charge in [-0.25, -0.2) is 0 Å². The van der Waals surface area contributed by atoms with Crippen LogP contribution in [-0.4, -0.2) is 0 Å². The van der Waals surface area contributed by atoms with E-state index in [1.54, 1.807) is 12.1 Å². The van der Waals surface area contributed by atoms with Crippen molar-refractivity contribution >= 4 is 50.1 Å². The minimum Gasteiger partial charge on any atom is -0.192 e. The van der Waals surface area contributed by atoms with Crippen molar-refractivity contribution < 1.29 is 0 Å². The van der Waals surface area contributed by atoms with Gasteiger partial charge >= 0.3 is 0 Å². The van der Waals surface area contributed by atoms with Gasteiger partial charge in [0.25, 0.3) is 0 Å². The summed E-state index contributed by atoms with van der Waals surface area (Å²) < 4.78 is 0.930. The zero-order chi connectivity index (χ0) is 9.14. The van der Waals surface area contributed by atoms with E-state index in [1.165, 1.54) is 0 Å². The van der Waals surface area contributed by atoms with Crippen molar-refractivity contribution in [3.8, 4) is 6.07 Å². The van der Waals surface area contributed by atoms with Gasteiger partial charge in [-0.2, -0.15) is 5.26 Å². The van der Waals surface area contributed by atoms with Crippen LogP contribution in [0.25, 0.3) is 0 Å². The molecule has 0 heterocycles. The molecule has 0 bridgehead atoms. The summed E-state index contributed by atoms with van der Waals surface area (Å²) in [6, 6.07) is 5.59. The zero-order valence-electron chi connectivity index (χ0n) is 5.94. The molecule has 1 aromatic carbocycles. The lowest BCUT2D eigenvalue weighted by atomic mass is 10.1. The second kappa shape index (κ2) is 4.45. The first kappa shape index (κ1) is 10.3. The monoisotopic (exact) mass is 355 g/mol. The van der Waals surface area contributed by atoms with Crippen LogP contribution in [0.15, 0.2) is 12.1 Å². The summed E-state index contributed by atoms with van der Waals surface area (Å²) in [5, 5.41) is 10.1. The SMILES string of the molecule is N#Cc1ccc(Cl)c(CBr)c1I. The highest BCUT2D eigenvalue weighted by atomic mass is 127. The van der Waals surface area contributed by atoms with Crippen LogP contribution >= 0.6 is 50.1 Å². The molecule has 1 aromatic rings. The molecular weight excluding hydrogens is 352 g/mol. The summed E-state index contributed by atoms with van der Waals surface area (Å²) in [7, 11) is 0. The predicted molar refractivity (Wildman–Crippen MR) is 61.5 cm³/mol. The van der Waals surface area contributed by atoms with Crippen LogP contribution in [0.4, 0.5) is 0 Å². The number of rotatable bonds is 1. The Morgan fingerprint density at radius 2 is 2.25 bits per heavy atom. The molecule has 0 saturated heterocycles. The van der Waals surface area contributed by atoms with Crippen molar-refractivity contribution in [2.45, 2.75) is 5.33 Å². The Kier molecular flexibility index (Phi) is 3.81. The van der Waals surface area contributed by atoms with Gasteiger partial charge in [-0.15, -0.1) is 0 Å². The van der Waals surface area contributed by atoms with Crippen LogP contribution in [0, 0.1) is 14.9 Å². The van der Waals surface area contributed by atoms with Crippen molar-refractivity contribution in [1.82, 2.24) is 0 Å². The lowest BCUT2D eigenvalue weighted by Gasteiger charge is -2.03. The molecule has 0 spiro atoms. The molecule has 0 radical (unpaired) electrons. The van der Waals surface area contributed by atoms with E-state index in [0.717, 1.165) is 9.13 Å². The van der Waals surface area contributed by atoms with Crippen LogP contribution in [-0.2, 0) is 5.33 Å². The second-order valence-electron chi connectivity index (χ2n) is 2.13. The van der Waals surface area contributed by atoms with Gasteiger partial charge in [-0.05, 0) is 40.3 Å². The van der Waals surface area contributed by atoms with Gasteiger partial charge in [0.1, 0.15) is 6.07 Å². The number of alkyl halides is 1. The highest BCUT2D eigenvalue weighted by Gasteiger charge is 2.07. The Hall–Kier alpha value is 0.210. The number of halogens is 3. The highest BCUT2D eigenvalue weighted by Crippen LogP contribution is 2.26. The highest BCUT2D eigenvalue weighted by molar-refractivity contribution is 14.1.